The molecule has 0 aliphatic carbocycles. The number of rotatable bonds is 3. The Balaban J connectivity index is 2.08. The van der Waals surface area contributed by atoms with Crippen molar-refractivity contribution in [3.05, 3.63) is 29.8 Å². The van der Waals surface area contributed by atoms with Crippen LogP contribution in [-0.4, -0.2) is 60.0 Å². The van der Waals surface area contributed by atoms with E-state index < -0.39 is 0 Å². The first-order valence-corrected chi connectivity index (χ1v) is 8.48. The predicted molar refractivity (Wildman–Crippen MR) is 99.0 cm³/mol. The summed E-state index contributed by atoms with van der Waals surface area (Å²) in [6, 6.07) is 7.22. The second kappa shape index (κ2) is 8.21. The lowest BCUT2D eigenvalue weighted by molar-refractivity contribution is -0.122. The quantitative estimate of drug-likeness (QED) is 0.812. The fourth-order valence-corrected chi connectivity index (χ4v) is 2.58. The van der Waals surface area contributed by atoms with E-state index in [1.165, 1.54) is 0 Å². The van der Waals surface area contributed by atoms with E-state index in [-0.39, 0.29) is 22.8 Å². The van der Waals surface area contributed by atoms with Crippen LogP contribution in [0.3, 0.4) is 0 Å². The molecule has 0 bridgehead atoms. The number of nitrogens with one attached hydrogen (secondary N) is 2. The van der Waals surface area contributed by atoms with Crippen LogP contribution in [0.4, 0.5) is 5.69 Å². The van der Waals surface area contributed by atoms with Crippen molar-refractivity contribution in [1.82, 2.24) is 15.1 Å². The molecule has 0 atom stereocenters. The van der Waals surface area contributed by atoms with Gasteiger partial charge in [0.15, 0.2) is 5.11 Å². The Bertz CT molecular complexity index is 625. The molecule has 1 aliphatic heterocycles. The standard InChI is InChI=1S/C17H24N4O2S/c1-12(2)15(22)19-17(24)18-14-7-5-4-6-13(14)16(23)21-10-8-20(3)9-11-21/h4-7,12H,8-11H2,1-3H3,(H2,18,19,22,24). The second-order valence-electron chi connectivity index (χ2n) is 6.24. The second-order valence-corrected chi connectivity index (χ2v) is 6.65. The third-order valence-electron chi connectivity index (χ3n) is 3.96. The lowest BCUT2D eigenvalue weighted by Gasteiger charge is -2.32. The molecule has 0 radical (unpaired) electrons. The minimum absolute atomic E-state index is 0.0239. The van der Waals surface area contributed by atoms with Crippen molar-refractivity contribution in [2.45, 2.75) is 13.8 Å². The molecule has 7 heteroatoms. The SMILES string of the molecule is CC(C)C(=O)NC(=S)Nc1ccccc1C(=O)N1CCN(C)CC1. The minimum atomic E-state index is -0.160. The van der Waals surface area contributed by atoms with Crippen LogP contribution >= 0.6 is 12.2 Å². The lowest BCUT2D eigenvalue weighted by Crippen LogP contribution is -2.47. The molecule has 6 nitrogen and oxygen atoms in total. The number of benzene rings is 1. The number of hydrogen-bond acceptors (Lipinski definition) is 4. The fraction of sp³-hybridized carbons (Fsp3) is 0.471. The summed E-state index contributed by atoms with van der Waals surface area (Å²) in [5.41, 5.74) is 1.17. The van der Waals surface area contributed by atoms with E-state index in [1.54, 1.807) is 26.0 Å². The molecule has 1 aromatic carbocycles. The van der Waals surface area contributed by atoms with Crippen molar-refractivity contribution in [2.75, 3.05) is 38.5 Å². The normalized spacial score (nSPS) is 15.2. The first-order chi connectivity index (χ1) is 11.4. The molecular formula is C17H24N4O2S. The van der Waals surface area contributed by atoms with Crippen LogP contribution in [0.15, 0.2) is 24.3 Å². The average molecular weight is 348 g/mol. The number of anilines is 1. The molecule has 1 saturated heterocycles. The summed E-state index contributed by atoms with van der Waals surface area (Å²) in [6.07, 6.45) is 0. The highest BCUT2D eigenvalue weighted by Gasteiger charge is 2.22. The molecule has 0 aromatic heterocycles. The van der Waals surface area contributed by atoms with E-state index in [0.29, 0.717) is 24.3 Å². The molecule has 1 aromatic rings. The van der Waals surface area contributed by atoms with Gasteiger partial charge in [-0.15, -0.1) is 0 Å². The number of carbonyl (C=O) groups excluding carboxylic acids is 2. The third-order valence-corrected chi connectivity index (χ3v) is 4.16. The molecule has 0 saturated carbocycles. The lowest BCUT2D eigenvalue weighted by atomic mass is 10.1. The van der Waals surface area contributed by atoms with Gasteiger partial charge in [-0.1, -0.05) is 26.0 Å². The Morgan fingerprint density at radius 3 is 2.38 bits per heavy atom. The van der Waals surface area contributed by atoms with Crippen LogP contribution in [0.5, 0.6) is 0 Å². The molecular weight excluding hydrogens is 324 g/mol. The summed E-state index contributed by atoms with van der Waals surface area (Å²) in [7, 11) is 2.05. The van der Waals surface area contributed by atoms with Gasteiger partial charge in [0.1, 0.15) is 0 Å². The maximum absolute atomic E-state index is 12.8. The highest BCUT2D eigenvalue weighted by Crippen LogP contribution is 2.18. The molecule has 1 heterocycles. The van der Waals surface area contributed by atoms with Gasteiger partial charge < -0.3 is 20.4 Å². The van der Waals surface area contributed by atoms with E-state index in [1.807, 2.05) is 24.1 Å². The number of amides is 2. The van der Waals surface area contributed by atoms with Gasteiger partial charge in [0.05, 0.1) is 11.3 Å². The first kappa shape index (κ1) is 18.4. The van der Waals surface area contributed by atoms with Crippen LogP contribution < -0.4 is 10.6 Å². The maximum atomic E-state index is 12.8. The monoisotopic (exact) mass is 348 g/mol. The number of likely N-dealkylation sites (N-methyl/N-ethyl adjacent to an activating group) is 1. The van der Waals surface area contributed by atoms with E-state index in [0.717, 1.165) is 13.1 Å². The van der Waals surface area contributed by atoms with Gasteiger partial charge >= 0.3 is 0 Å². The van der Waals surface area contributed by atoms with Crippen molar-refractivity contribution in [3.63, 3.8) is 0 Å². The number of piperazine rings is 1. The molecule has 2 N–H and O–H groups in total. The van der Waals surface area contributed by atoms with E-state index in [2.05, 4.69) is 15.5 Å². The van der Waals surface area contributed by atoms with Crippen molar-refractivity contribution in [3.8, 4) is 0 Å². The molecule has 1 aliphatic rings. The van der Waals surface area contributed by atoms with Crippen LogP contribution in [0.2, 0.25) is 0 Å². The van der Waals surface area contributed by atoms with Gasteiger partial charge in [0.2, 0.25) is 5.91 Å². The van der Waals surface area contributed by atoms with Gasteiger partial charge in [-0.2, -0.15) is 0 Å². The van der Waals surface area contributed by atoms with Crippen molar-refractivity contribution >= 4 is 34.8 Å². The maximum Gasteiger partial charge on any atom is 0.256 e. The zero-order valence-electron chi connectivity index (χ0n) is 14.3. The zero-order chi connectivity index (χ0) is 17.7. The van der Waals surface area contributed by atoms with Crippen LogP contribution in [0.1, 0.15) is 24.2 Å². The van der Waals surface area contributed by atoms with Crippen molar-refractivity contribution in [1.29, 1.82) is 0 Å². The average Bonchev–Trinajstić information content (AvgIpc) is 2.55. The van der Waals surface area contributed by atoms with Gasteiger partial charge in [0, 0.05) is 32.1 Å². The molecule has 0 unspecified atom stereocenters. The number of thiocarbonyl (C=S) groups is 1. The molecule has 2 rings (SSSR count). The summed E-state index contributed by atoms with van der Waals surface area (Å²) in [5, 5.41) is 5.80. The van der Waals surface area contributed by atoms with Crippen LogP contribution in [-0.2, 0) is 4.79 Å². The van der Waals surface area contributed by atoms with Gasteiger partial charge in [-0.25, -0.2) is 0 Å². The van der Waals surface area contributed by atoms with Gasteiger partial charge in [-0.3, -0.25) is 9.59 Å². The Kier molecular flexibility index (Phi) is 6.28. The van der Waals surface area contributed by atoms with Crippen LogP contribution in [0, 0.1) is 5.92 Å². The Morgan fingerprint density at radius 2 is 1.75 bits per heavy atom. The molecule has 130 valence electrons. The Morgan fingerprint density at radius 1 is 1.12 bits per heavy atom. The Hall–Kier alpha value is -1.99. The zero-order valence-corrected chi connectivity index (χ0v) is 15.2. The highest BCUT2D eigenvalue weighted by atomic mass is 32.1. The number of nitrogens with zero attached hydrogens (tertiary/aromatic N) is 2. The van der Waals surface area contributed by atoms with E-state index >= 15 is 0 Å². The van der Waals surface area contributed by atoms with Crippen molar-refractivity contribution in [2.24, 2.45) is 5.92 Å². The first-order valence-electron chi connectivity index (χ1n) is 8.07. The fourth-order valence-electron chi connectivity index (χ4n) is 2.37. The smallest absolute Gasteiger partial charge is 0.256 e. The number of para-hydroxylation sites is 1. The van der Waals surface area contributed by atoms with Crippen LogP contribution in [0.25, 0.3) is 0 Å². The predicted octanol–water partition coefficient (Wildman–Crippen LogP) is 1.54. The summed E-state index contributed by atoms with van der Waals surface area (Å²) in [5.74, 6) is -0.341. The summed E-state index contributed by atoms with van der Waals surface area (Å²) in [6.45, 7) is 6.73. The van der Waals surface area contributed by atoms with Gasteiger partial charge in [-0.05, 0) is 31.4 Å². The highest BCUT2D eigenvalue weighted by molar-refractivity contribution is 7.80. The van der Waals surface area contributed by atoms with Crippen molar-refractivity contribution < 1.29 is 9.59 Å². The largest absolute Gasteiger partial charge is 0.336 e. The number of hydrogen-bond donors (Lipinski definition) is 2. The Labute approximate surface area is 148 Å². The summed E-state index contributed by atoms with van der Waals surface area (Å²) < 4.78 is 0. The summed E-state index contributed by atoms with van der Waals surface area (Å²) in [4.78, 5) is 28.5. The molecule has 24 heavy (non-hydrogen) atoms. The minimum Gasteiger partial charge on any atom is -0.336 e. The van der Waals surface area contributed by atoms with Gasteiger partial charge in [0.25, 0.3) is 5.91 Å². The third kappa shape index (κ3) is 4.75. The molecule has 0 spiro atoms. The molecule has 1 fully saturated rings. The molecule has 2 amide bonds. The number of carbonyl (C=O) groups is 2. The van der Waals surface area contributed by atoms with E-state index in [9.17, 15) is 9.59 Å². The van der Waals surface area contributed by atoms with E-state index in [4.69, 9.17) is 12.2 Å². The summed E-state index contributed by atoms with van der Waals surface area (Å²) >= 11 is 5.17. The topological polar surface area (TPSA) is 64.7 Å².